The number of likely N-dealkylation sites (tertiary alicyclic amines) is 1. The van der Waals surface area contributed by atoms with Crippen molar-refractivity contribution in [3.8, 4) is 0 Å². The van der Waals surface area contributed by atoms with Crippen LogP contribution in [0.2, 0.25) is 0 Å². The van der Waals surface area contributed by atoms with Crippen LogP contribution in [-0.4, -0.2) is 48.2 Å². The third kappa shape index (κ3) is 3.48. The summed E-state index contributed by atoms with van der Waals surface area (Å²) >= 11 is 0. The molecular weight excluding hydrogens is 284 g/mol. The Bertz CT molecular complexity index is 523. The number of furan rings is 1. The van der Waals surface area contributed by atoms with E-state index in [1.54, 1.807) is 12.1 Å². The fourth-order valence-corrected chi connectivity index (χ4v) is 3.02. The quantitative estimate of drug-likeness (QED) is 0.745. The molecule has 3 N–H and O–H groups in total. The van der Waals surface area contributed by atoms with E-state index >= 15 is 0 Å². The molecule has 22 heavy (non-hydrogen) atoms. The highest BCUT2D eigenvalue weighted by Crippen LogP contribution is 2.14. The van der Waals surface area contributed by atoms with E-state index in [4.69, 9.17) is 4.42 Å². The average molecular weight is 306 g/mol. The number of nitrogens with zero attached hydrogens (tertiary/aromatic N) is 1. The first-order chi connectivity index (χ1) is 10.6. The molecule has 1 aromatic rings. The van der Waals surface area contributed by atoms with Crippen LogP contribution >= 0.6 is 0 Å². The van der Waals surface area contributed by atoms with Crippen molar-refractivity contribution in [2.24, 2.45) is 0 Å². The molecule has 3 rings (SSSR count). The van der Waals surface area contributed by atoms with Gasteiger partial charge in [-0.15, -0.1) is 0 Å². The Morgan fingerprint density at radius 3 is 2.82 bits per heavy atom. The zero-order chi connectivity index (χ0) is 15.5. The van der Waals surface area contributed by atoms with Crippen molar-refractivity contribution >= 4 is 11.8 Å². The summed E-state index contributed by atoms with van der Waals surface area (Å²) < 4.78 is 5.10. The highest BCUT2D eigenvalue weighted by Gasteiger charge is 2.31. The lowest BCUT2D eigenvalue weighted by atomic mass is 10.0. The summed E-state index contributed by atoms with van der Waals surface area (Å²) in [6.07, 6.45) is 3.63. The number of nitrogens with one attached hydrogen (secondary N) is 3. The lowest BCUT2D eigenvalue weighted by Gasteiger charge is -2.41. The third-order valence-corrected chi connectivity index (χ3v) is 4.21. The number of rotatable bonds is 3. The first kappa shape index (κ1) is 15.1. The van der Waals surface area contributed by atoms with E-state index in [1.165, 1.54) is 6.26 Å². The molecular formula is C15H22N4O3. The molecule has 0 aromatic carbocycles. The summed E-state index contributed by atoms with van der Waals surface area (Å²) in [6.45, 7) is 3.67. The van der Waals surface area contributed by atoms with Crippen LogP contribution in [0.4, 0.5) is 0 Å². The van der Waals surface area contributed by atoms with E-state index in [-0.39, 0.29) is 30.2 Å². The van der Waals surface area contributed by atoms with Crippen molar-refractivity contribution in [2.75, 3.05) is 13.1 Å². The van der Waals surface area contributed by atoms with Gasteiger partial charge in [-0.3, -0.25) is 19.8 Å². The Morgan fingerprint density at radius 2 is 2.18 bits per heavy atom. The molecule has 0 bridgehead atoms. The third-order valence-electron chi connectivity index (χ3n) is 4.21. The SMILES string of the molecule is CC1CC(=O)NC(N2CCC(NC(=O)c3ccco3)CC2)N1. The Hall–Kier alpha value is -1.86. The molecule has 3 heterocycles. The van der Waals surface area contributed by atoms with Gasteiger partial charge in [0.1, 0.15) is 6.29 Å². The number of amides is 2. The molecule has 2 saturated heterocycles. The number of hydrogen-bond donors (Lipinski definition) is 3. The summed E-state index contributed by atoms with van der Waals surface area (Å²) in [6, 6.07) is 3.70. The molecule has 7 nitrogen and oxygen atoms in total. The monoisotopic (exact) mass is 306 g/mol. The molecule has 0 radical (unpaired) electrons. The van der Waals surface area contributed by atoms with Crippen molar-refractivity contribution in [2.45, 2.75) is 44.6 Å². The van der Waals surface area contributed by atoms with Gasteiger partial charge in [0.15, 0.2) is 5.76 Å². The van der Waals surface area contributed by atoms with Crippen LogP contribution in [0.3, 0.4) is 0 Å². The van der Waals surface area contributed by atoms with E-state index in [2.05, 4.69) is 20.9 Å². The van der Waals surface area contributed by atoms with Gasteiger partial charge in [-0.2, -0.15) is 0 Å². The maximum absolute atomic E-state index is 12.0. The van der Waals surface area contributed by atoms with E-state index < -0.39 is 0 Å². The zero-order valence-corrected chi connectivity index (χ0v) is 12.7. The van der Waals surface area contributed by atoms with Gasteiger partial charge in [0.25, 0.3) is 5.91 Å². The molecule has 2 aliphatic heterocycles. The summed E-state index contributed by atoms with van der Waals surface area (Å²) in [7, 11) is 0. The van der Waals surface area contributed by atoms with Crippen molar-refractivity contribution in [1.29, 1.82) is 0 Å². The summed E-state index contributed by atoms with van der Waals surface area (Å²) in [4.78, 5) is 25.8. The van der Waals surface area contributed by atoms with Crippen LogP contribution in [0.5, 0.6) is 0 Å². The number of carbonyl (C=O) groups excluding carboxylic acids is 2. The van der Waals surface area contributed by atoms with Gasteiger partial charge < -0.3 is 15.1 Å². The highest BCUT2D eigenvalue weighted by molar-refractivity contribution is 5.91. The van der Waals surface area contributed by atoms with Crippen LogP contribution in [0.15, 0.2) is 22.8 Å². The Labute approximate surface area is 129 Å². The van der Waals surface area contributed by atoms with Gasteiger partial charge in [-0.05, 0) is 31.9 Å². The minimum Gasteiger partial charge on any atom is -0.459 e. The van der Waals surface area contributed by atoms with Crippen molar-refractivity contribution in [3.63, 3.8) is 0 Å². The summed E-state index contributed by atoms with van der Waals surface area (Å²) in [5.41, 5.74) is 0. The smallest absolute Gasteiger partial charge is 0.287 e. The molecule has 2 unspecified atom stereocenters. The van der Waals surface area contributed by atoms with Crippen LogP contribution in [0, 0.1) is 0 Å². The van der Waals surface area contributed by atoms with Gasteiger partial charge in [-0.25, -0.2) is 0 Å². The van der Waals surface area contributed by atoms with Crippen LogP contribution in [-0.2, 0) is 4.79 Å². The first-order valence-electron chi connectivity index (χ1n) is 7.75. The topological polar surface area (TPSA) is 86.6 Å². The van der Waals surface area contributed by atoms with Gasteiger partial charge in [-0.1, -0.05) is 0 Å². The molecule has 2 atom stereocenters. The minimum atomic E-state index is -0.166. The molecule has 2 fully saturated rings. The van der Waals surface area contributed by atoms with E-state index in [0.717, 1.165) is 25.9 Å². The standard InChI is InChI=1S/C15H22N4O3/c1-10-9-13(20)18-15(16-10)19-6-4-11(5-7-19)17-14(21)12-3-2-8-22-12/h2-3,8,10-11,15-16H,4-7,9H2,1H3,(H,17,21)(H,18,20). The average Bonchev–Trinajstić information content (AvgIpc) is 3.01. The molecule has 0 aliphatic carbocycles. The second-order valence-corrected chi connectivity index (χ2v) is 6.00. The van der Waals surface area contributed by atoms with Gasteiger partial charge in [0.2, 0.25) is 5.91 Å². The normalized spacial score (nSPS) is 27.4. The lowest BCUT2D eigenvalue weighted by molar-refractivity contribution is -0.127. The lowest BCUT2D eigenvalue weighted by Crippen LogP contribution is -2.65. The van der Waals surface area contributed by atoms with Crippen LogP contribution < -0.4 is 16.0 Å². The molecule has 120 valence electrons. The molecule has 2 aliphatic rings. The fourth-order valence-electron chi connectivity index (χ4n) is 3.02. The number of piperidine rings is 1. The second-order valence-electron chi connectivity index (χ2n) is 6.00. The van der Waals surface area contributed by atoms with Crippen LogP contribution in [0.25, 0.3) is 0 Å². The van der Waals surface area contributed by atoms with E-state index in [1.807, 2.05) is 6.92 Å². The zero-order valence-electron chi connectivity index (χ0n) is 12.7. The highest BCUT2D eigenvalue weighted by atomic mass is 16.3. The van der Waals surface area contributed by atoms with Gasteiger partial charge in [0.05, 0.1) is 6.26 Å². The molecule has 1 aromatic heterocycles. The predicted octanol–water partition coefficient (Wildman–Crippen LogP) is 0.255. The molecule has 7 heteroatoms. The second kappa shape index (κ2) is 6.50. The van der Waals surface area contributed by atoms with Crippen molar-refractivity contribution < 1.29 is 14.0 Å². The largest absolute Gasteiger partial charge is 0.459 e. The Morgan fingerprint density at radius 1 is 1.41 bits per heavy atom. The maximum atomic E-state index is 12.0. The van der Waals surface area contributed by atoms with E-state index in [9.17, 15) is 9.59 Å². The van der Waals surface area contributed by atoms with Crippen molar-refractivity contribution in [1.82, 2.24) is 20.9 Å². The van der Waals surface area contributed by atoms with E-state index in [0.29, 0.717) is 12.2 Å². The maximum Gasteiger partial charge on any atom is 0.287 e. The van der Waals surface area contributed by atoms with Crippen molar-refractivity contribution in [3.05, 3.63) is 24.2 Å². The summed E-state index contributed by atoms with van der Waals surface area (Å²) in [5.74, 6) is 0.267. The number of carbonyl (C=O) groups is 2. The minimum absolute atomic E-state index is 0.0875. The molecule has 0 saturated carbocycles. The molecule has 2 amide bonds. The Kier molecular flexibility index (Phi) is 4.44. The molecule has 0 spiro atoms. The van der Waals surface area contributed by atoms with Crippen LogP contribution in [0.1, 0.15) is 36.7 Å². The van der Waals surface area contributed by atoms with Gasteiger partial charge in [0, 0.05) is 31.6 Å². The Balaban J connectivity index is 1.48. The predicted molar refractivity (Wildman–Crippen MR) is 79.9 cm³/mol. The fraction of sp³-hybridized carbons (Fsp3) is 0.600. The van der Waals surface area contributed by atoms with Gasteiger partial charge >= 0.3 is 0 Å². The number of hydrogen-bond acceptors (Lipinski definition) is 5. The first-order valence-corrected chi connectivity index (χ1v) is 7.75. The summed E-state index contributed by atoms with van der Waals surface area (Å²) in [5, 5.41) is 9.35.